The molecule has 3 N–H and O–H groups in total. The zero-order valence-electron chi connectivity index (χ0n) is 10.8. The molecule has 1 aromatic rings. The van der Waals surface area contributed by atoms with Crippen LogP contribution in [0.3, 0.4) is 0 Å². The normalized spacial score (nSPS) is 11.3. The van der Waals surface area contributed by atoms with Crippen molar-refractivity contribution < 1.29 is 16.7 Å². The van der Waals surface area contributed by atoms with E-state index in [9.17, 15) is 8.53 Å². The zero-order valence-corrected chi connectivity index (χ0v) is 14.2. The molecule has 0 unspecified atom stereocenters. The van der Waals surface area contributed by atoms with Crippen LogP contribution in [0.15, 0.2) is 24.3 Å². The first kappa shape index (κ1) is 17.7. The van der Waals surface area contributed by atoms with Crippen LogP contribution < -0.4 is 9.67 Å². The number of benzene rings is 1. The van der Waals surface area contributed by atoms with Gasteiger partial charge in [-0.1, -0.05) is 0 Å². The van der Waals surface area contributed by atoms with E-state index in [-0.39, 0.29) is 10.3 Å². The van der Waals surface area contributed by atoms with Gasteiger partial charge in [0.05, 0.1) is 0 Å². The Morgan fingerprint density at radius 3 is 2.45 bits per heavy atom. The van der Waals surface area contributed by atoms with Crippen molar-refractivity contribution >= 4 is 53.5 Å². The van der Waals surface area contributed by atoms with Crippen LogP contribution in [0.25, 0.3) is 0 Å². The summed E-state index contributed by atoms with van der Waals surface area (Å²) in [6.45, 7) is 0. The molecule has 0 aromatic heterocycles. The van der Waals surface area contributed by atoms with Gasteiger partial charge in [-0.15, -0.1) is 11.6 Å². The molecular formula is C12H17AsClNO4S. The predicted molar refractivity (Wildman–Crippen MR) is 82.9 cm³/mol. The van der Waals surface area contributed by atoms with Crippen LogP contribution in [-0.2, 0) is 8.53 Å². The topological polar surface area (TPSA) is 86.6 Å². The molecule has 20 heavy (non-hydrogen) atoms. The molecule has 1 aromatic carbocycles. The summed E-state index contributed by atoms with van der Waals surface area (Å²) >= 11 is 2.41. The number of hydrogen-bond donors (Lipinski definition) is 3. The van der Waals surface area contributed by atoms with Crippen LogP contribution in [0.2, 0.25) is 0 Å². The molecule has 0 saturated heterocycles. The predicted octanol–water partition coefficient (Wildman–Crippen LogP) is 0.938. The second-order valence-electron chi connectivity index (χ2n) is 4.04. The van der Waals surface area contributed by atoms with Crippen molar-refractivity contribution in [1.29, 1.82) is 0 Å². The van der Waals surface area contributed by atoms with Gasteiger partial charge < -0.3 is 0 Å². The van der Waals surface area contributed by atoms with Crippen molar-refractivity contribution in [3.8, 4) is 0 Å². The quantitative estimate of drug-likeness (QED) is 0.354. The van der Waals surface area contributed by atoms with Crippen molar-refractivity contribution in [2.24, 2.45) is 0 Å². The number of carbonyl (C=O) groups is 1. The molecule has 0 fully saturated rings. The zero-order chi connectivity index (χ0) is 15.0. The summed E-state index contributed by atoms with van der Waals surface area (Å²) in [5.74, 6) is 2.28. The van der Waals surface area contributed by atoms with Gasteiger partial charge in [-0.25, -0.2) is 0 Å². The van der Waals surface area contributed by atoms with Crippen LogP contribution >= 0.6 is 23.4 Å². The monoisotopic (exact) mass is 381 g/mol. The maximum absolute atomic E-state index is 11.6. The van der Waals surface area contributed by atoms with E-state index in [1.54, 1.807) is 11.8 Å². The Labute approximate surface area is 130 Å². The van der Waals surface area contributed by atoms with Gasteiger partial charge >= 0.3 is 118 Å². The molecule has 8 heteroatoms. The Morgan fingerprint density at radius 2 is 1.90 bits per heavy atom. The number of nitrogens with one attached hydrogen (secondary N) is 1. The summed E-state index contributed by atoms with van der Waals surface area (Å²) in [7, 11) is 0. The van der Waals surface area contributed by atoms with Gasteiger partial charge in [-0.2, -0.15) is 0 Å². The molecule has 1 rings (SSSR count). The van der Waals surface area contributed by atoms with Crippen LogP contribution in [0, 0.1) is 0 Å². The van der Waals surface area contributed by atoms with Crippen molar-refractivity contribution in [3.05, 3.63) is 24.3 Å². The molecule has 0 spiro atoms. The number of hydrogen-bond acceptors (Lipinski definition) is 3. The Balaban J connectivity index is 2.37. The molecular weight excluding hydrogens is 365 g/mol. The number of halogens is 1. The molecule has 112 valence electrons. The molecule has 0 atom stereocenters. The summed E-state index contributed by atoms with van der Waals surface area (Å²) in [6, 6.07) is 5.67. The van der Waals surface area contributed by atoms with E-state index in [1.807, 2.05) is 0 Å². The summed E-state index contributed by atoms with van der Waals surface area (Å²) in [5, 5.41) is 2.69. The molecule has 0 heterocycles. The van der Waals surface area contributed by atoms with Crippen LogP contribution in [-0.4, -0.2) is 45.7 Å². The van der Waals surface area contributed by atoms with Gasteiger partial charge in [-0.05, 0) is 0 Å². The second-order valence-corrected chi connectivity index (χ2v) is 9.01. The molecule has 5 nitrogen and oxygen atoms in total. The van der Waals surface area contributed by atoms with E-state index in [2.05, 4.69) is 5.32 Å². The molecule has 0 aliphatic heterocycles. The minimum absolute atomic E-state index is 0.00130. The Hall–Kier alpha value is -0.392. The molecule has 0 aliphatic rings. The number of rotatable bonds is 8. The number of anilines is 1. The second kappa shape index (κ2) is 8.80. The third-order valence-corrected chi connectivity index (χ3v) is 5.92. The van der Waals surface area contributed by atoms with Crippen LogP contribution in [0.5, 0.6) is 0 Å². The van der Waals surface area contributed by atoms with Gasteiger partial charge in [0.25, 0.3) is 0 Å². The standard InChI is InChI=1S/C12H17AsClNO4S/c14-7-9-20-8-1-2-12(16)15-11-5-3-10(4-6-11)13(17,18)19/h3-6H,1-2,7-9H2,(H,15,16)(H2,17,18,19). The summed E-state index contributed by atoms with van der Waals surface area (Å²) in [5.41, 5.74) is 0.538. The number of carbonyl (C=O) groups excluding carboxylic acids is 1. The van der Waals surface area contributed by atoms with Crippen molar-refractivity contribution in [3.63, 3.8) is 0 Å². The van der Waals surface area contributed by atoms with Crippen molar-refractivity contribution in [2.75, 3.05) is 22.7 Å². The summed E-state index contributed by atoms with van der Waals surface area (Å²) in [6.07, 6.45) is 1.19. The SMILES string of the molecule is O=C(CCCSCCCl)Nc1ccc([As](=O)(O)O)cc1. The third kappa shape index (κ3) is 6.86. The third-order valence-electron chi connectivity index (χ3n) is 2.40. The van der Waals surface area contributed by atoms with Gasteiger partial charge in [0.1, 0.15) is 0 Å². The van der Waals surface area contributed by atoms with E-state index in [4.69, 9.17) is 19.8 Å². The summed E-state index contributed by atoms with van der Waals surface area (Å²) in [4.78, 5) is 11.6. The fourth-order valence-corrected chi connectivity index (χ4v) is 3.57. The van der Waals surface area contributed by atoms with Crippen LogP contribution in [0.4, 0.5) is 5.69 Å². The molecule has 0 saturated carbocycles. The number of amides is 1. The van der Waals surface area contributed by atoms with Crippen molar-refractivity contribution in [1.82, 2.24) is 0 Å². The average molecular weight is 382 g/mol. The number of alkyl halides is 1. The van der Waals surface area contributed by atoms with E-state index in [0.717, 1.165) is 17.9 Å². The minimum atomic E-state index is -4.84. The van der Waals surface area contributed by atoms with Crippen molar-refractivity contribution in [2.45, 2.75) is 12.8 Å². The average Bonchev–Trinajstić information content (AvgIpc) is 2.38. The fraction of sp³-hybridized carbons (Fsp3) is 0.417. The van der Waals surface area contributed by atoms with Gasteiger partial charge in [0.2, 0.25) is 0 Å². The van der Waals surface area contributed by atoms with Gasteiger partial charge in [0, 0.05) is 0 Å². The van der Waals surface area contributed by atoms with E-state index in [0.29, 0.717) is 18.0 Å². The first-order valence-electron chi connectivity index (χ1n) is 6.03. The van der Waals surface area contributed by atoms with E-state index < -0.39 is 14.2 Å². The Morgan fingerprint density at radius 1 is 1.25 bits per heavy atom. The Kier molecular flexibility index (Phi) is 7.77. The fourth-order valence-electron chi connectivity index (χ4n) is 1.45. The Bertz CT molecular complexity index is 477. The first-order chi connectivity index (χ1) is 9.43. The maximum atomic E-state index is 11.6. The molecule has 0 bridgehead atoms. The molecule has 0 aliphatic carbocycles. The van der Waals surface area contributed by atoms with Gasteiger partial charge in [0.15, 0.2) is 0 Å². The van der Waals surface area contributed by atoms with Gasteiger partial charge in [-0.3, -0.25) is 0 Å². The van der Waals surface area contributed by atoms with E-state index >= 15 is 0 Å². The van der Waals surface area contributed by atoms with Crippen LogP contribution in [0.1, 0.15) is 12.8 Å². The van der Waals surface area contributed by atoms with E-state index in [1.165, 1.54) is 24.3 Å². The summed E-state index contributed by atoms with van der Waals surface area (Å²) < 4.78 is 29.1. The number of thioether (sulfide) groups is 1. The molecule has 1 amide bonds. The molecule has 0 radical (unpaired) electrons. The first-order valence-corrected chi connectivity index (χ1v) is 11.1.